The Morgan fingerprint density at radius 2 is 1.31 bits per heavy atom. The van der Waals surface area contributed by atoms with Crippen molar-refractivity contribution in [1.29, 1.82) is 0 Å². The summed E-state index contributed by atoms with van der Waals surface area (Å²) in [4.78, 5) is 23.8. The molecule has 0 aromatic rings. The molecule has 0 fully saturated rings. The second kappa shape index (κ2) is 8.47. The summed E-state index contributed by atoms with van der Waals surface area (Å²) < 4.78 is 86.4. The molecule has 0 saturated carbocycles. The van der Waals surface area contributed by atoms with Gasteiger partial charge in [0.15, 0.2) is 6.61 Å². The SMILES string of the molecule is CCC(C)(COC(=O)C(C)(C)C)C(=O)OCC(F)(F)C(F)(F)CC(F)F. The molecule has 154 valence electrons. The molecule has 0 saturated heterocycles. The summed E-state index contributed by atoms with van der Waals surface area (Å²) in [5, 5.41) is 0. The van der Waals surface area contributed by atoms with Crippen LogP contribution in [-0.4, -0.2) is 43.4 Å². The smallest absolute Gasteiger partial charge is 0.343 e. The average molecular weight is 394 g/mol. The highest BCUT2D eigenvalue weighted by Gasteiger charge is 2.58. The van der Waals surface area contributed by atoms with Gasteiger partial charge in [0.2, 0.25) is 6.43 Å². The fourth-order valence-corrected chi connectivity index (χ4v) is 1.53. The van der Waals surface area contributed by atoms with Crippen LogP contribution in [0.15, 0.2) is 0 Å². The Kier molecular flexibility index (Phi) is 7.99. The lowest BCUT2D eigenvalue weighted by molar-refractivity contribution is -0.245. The number of esters is 2. The lowest BCUT2D eigenvalue weighted by atomic mass is 9.88. The van der Waals surface area contributed by atoms with Crippen molar-refractivity contribution >= 4 is 11.9 Å². The number of hydrogen-bond acceptors (Lipinski definition) is 4. The minimum absolute atomic E-state index is 0.00224. The van der Waals surface area contributed by atoms with Gasteiger partial charge in [0.1, 0.15) is 6.61 Å². The predicted octanol–water partition coefficient (Wildman–Crippen LogP) is 4.46. The van der Waals surface area contributed by atoms with Gasteiger partial charge in [0, 0.05) is 0 Å². The van der Waals surface area contributed by atoms with Crippen LogP contribution in [0, 0.1) is 10.8 Å². The Hall–Kier alpha value is -1.48. The van der Waals surface area contributed by atoms with Crippen LogP contribution in [0.3, 0.4) is 0 Å². The number of alkyl halides is 6. The zero-order valence-electron chi connectivity index (χ0n) is 15.3. The van der Waals surface area contributed by atoms with E-state index in [1.165, 1.54) is 13.8 Å². The third kappa shape index (κ3) is 6.68. The molecule has 10 heteroatoms. The van der Waals surface area contributed by atoms with E-state index in [1.54, 1.807) is 20.8 Å². The fraction of sp³-hybridized carbons (Fsp3) is 0.875. The second-order valence-corrected chi connectivity index (χ2v) is 7.32. The van der Waals surface area contributed by atoms with Crippen LogP contribution in [0.25, 0.3) is 0 Å². The molecule has 0 N–H and O–H groups in total. The number of carbonyl (C=O) groups is 2. The molecule has 0 rings (SSSR count). The summed E-state index contributed by atoms with van der Waals surface area (Å²) in [6, 6.07) is 0. The molecule has 0 aliphatic rings. The monoisotopic (exact) mass is 394 g/mol. The highest BCUT2D eigenvalue weighted by atomic mass is 19.3. The maximum Gasteiger partial charge on any atom is 0.343 e. The third-order valence-electron chi connectivity index (χ3n) is 3.74. The average Bonchev–Trinajstić information content (AvgIpc) is 2.47. The minimum Gasteiger partial charge on any atom is -0.464 e. The molecule has 0 amide bonds. The molecule has 0 spiro atoms. The Morgan fingerprint density at radius 3 is 1.69 bits per heavy atom. The first-order chi connectivity index (χ1) is 11.5. The van der Waals surface area contributed by atoms with Gasteiger partial charge in [-0.05, 0) is 34.1 Å². The van der Waals surface area contributed by atoms with Crippen molar-refractivity contribution in [3.8, 4) is 0 Å². The van der Waals surface area contributed by atoms with Crippen molar-refractivity contribution in [3.05, 3.63) is 0 Å². The highest BCUT2D eigenvalue weighted by molar-refractivity contribution is 5.78. The van der Waals surface area contributed by atoms with Crippen LogP contribution in [0.4, 0.5) is 26.3 Å². The van der Waals surface area contributed by atoms with Crippen molar-refractivity contribution in [2.75, 3.05) is 13.2 Å². The van der Waals surface area contributed by atoms with Crippen LogP contribution in [0.5, 0.6) is 0 Å². The third-order valence-corrected chi connectivity index (χ3v) is 3.74. The maximum absolute atomic E-state index is 13.4. The van der Waals surface area contributed by atoms with E-state index < -0.39 is 60.7 Å². The molecule has 1 unspecified atom stereocenters. The van der Waals surface area contributed by atoms with Gasteiger partial charge >= 0.3 is 23.8 Å². The summed E-state index contributed by atoms with van der Waals surface area (Å²) >= 11 is 0. The first-order valence-corrected chi connectivity index (χ1v) is 7.87. The first-order valence-electron chi connectivity index (χ1n) is 7.87. The van der Waals surface area contributed by atoms with E-state index in [4.69, 9.17) is 4.74 Å². The van der Waals surface area contributed by atoms with Gasteiger partial charge in [-0.2, -0.15) is 17.6 Å². The number of rotatable bonds is 9. The lowest BCUT2D eigenvalue weighted by Crippen LogP contribution is -2.47. The topological polar surface area (TPSA) is 52.6 Å². The van der Waals surface area contributed by atoms with E-state index in [9.17, 15) is 35.9 Å². The summed E-state index contributed by atoms with van der Waals surface area (Å²) in [5.74, 6) is -12.0. The van der Waals surface area contributed by atoms with Crippen LogP contribution >= 0.6 is 0 Å². The van der Waals surface area contributed by atoms with Crippen molar-refractivity contribution in [1.82, 2.24) is 0 Å². The number of hydrogen-bond donors (Lipinski definition) is 0. The molecule has 0 aliphatic carbocycles. The molecule has 0 aromatic carbocycles. The number of ether oxygens (including phenoxy) is 2. The molecule has 0 heterocycles. The molecule has 0 aromatic heterocycles. The van der Waals surface area contributed by atoms with Crippen molar-refractivity contribution < 1.29 is 45.4 Å². The molecule has 1 atom stereocenters. The molecule has 4 nitrogen and oxygen atoms in total. The summed E-state index contributed by atoms with van der Waals surface area (Å²) in [6.07, 6.45) is -6.00. The summed E-state index contributed by atoms with van der Waals surface area (Å²) in [5.41, 5.74) is -2.42. The summed E-state index contributed by atoms with van der Waals surface area (Å²) in [7, 11) is 0. The van der Waals surface area contributed by atoms with E-state index in [2.05, 4.69) is 4.74 Å². The van der Waals surface area contributed by atoms with E-state index in [0.717, 1.165) is 0 Å². The summed E-state index contributed by atoms with van der Waals surface area (Å²) in [6.45, 7) is 4.84. The zero-order valence-corrected chi connectivity index (χ0v) is 15.3. The van der Waals surface area contributed by atoms with E-state index >= 15 is 0 Å². The van der Waals surface area contributed by atoms with Crippen LogP contribution in [-0.2, 0) is 19.1 Å². The number of carbonyl (C=O) groups excluding carboxylic acids is 2. The van der Waals surface area contributed by atoms with Crippen LogP contribution < -0.4 is 0 Å². The van der Waals surface area contributed by atoms with E-state index in [-0.39, 0.29) is 6.42 Å². The van der Waals surface area contributed by atoms with Gasteiger partial charge in [-0.1, -0.05) is 6.92 Å². The highest BCUT2D eigenvalue weighted by Crippen LogP contribution is 2.39. The van der Waals surface area contributed by atoms with Crippen LogP contribution in [0.1, 0.15) is 47.5 Å². The van der Waals surface area contributed by atoms with Crippen molar-refractivity contribution in [2.24, 2.45) is 10.8 Å². The van der Waals surface area contributed by atoms with Gasteiger partial charge in [-0.25, -0.2) is 8.78 Å². The Bertz CT molecular complexity index is 501. The normalized spacial score (nSPS) is 15.5. The maximum atomic E-state index is 13.4. The molecule has 26 heavy (non-hydrogen) atoms. The zero-order chi connectivity index (χ0) is 21.0. The molecule has 0 radical (unpaired) electrons. The van der Waals surface area contributed by atoms with Gasteiger partial charge < -0.3 is 9.47 Å². The fourth-order valence-electron chi connectivity index (χ4n) is 1.53. The Morgan fingerprint density at radius 1 is 0.846 bits per heavy atom. The van der Waals surface area contributed by atoms with Gasteiger partial charge in [-0.3, -0.25) is 9.59 Å². The molecule has 0 bridgehead atoms. The standard InChI is InChI=1S/C16H24F6O4/c1-6-14(5,8-25-11(23)13(2,3)4)12(24)26-9-16(21,22)15(19,20)7-10(17)18/h10H,6-9H2,1-5H3. The van der Waals surface area contributed by atoms with Gasteiger partial charge in [-0.15, -0.1) is 0 Å². The predicted molar refractivity (Wildman–Crippen MR) is 80.3 cm³/mol. The van der Waals surface area contributed by atoms with Crippen molar-refractivity contribution in [3.63, 3.8) is 0 Å². The van der Waals surface area contributed by atoms with E-state index in [1.807, 2.05) is 0 Å². The van der Waals surface area contributed by atoms with Crippen LogP contribution in [0.2, 0.25) is 0 Å². The van der Waals surface area contributed by atoms with E-state index in [0.29, 0.717) is 0 Å². The molecular formula is C16H24F6O4. The molecule has 0 aliphatic heterocycles. The first kappa shape index (κ1) is 24.5. The largest absolute Gasteiger partial charge is 0.464 e. The van der Waals surface area contributed by atoms with Crippen molar-refractivity contribution in [2.45, 2.75) is 65.7 Å². The quantitative estimate of drug-likeness (QED) is 0.428. The van der Waals surface area contributed by atoms with Gasteiger partial charge in [0.05, 0.1) is 17.3 Å². The molecular weight excluding hydrogens is 370 g/mol. The van der Waals surface area contributed by atoms with Gasteiger partial charge in [0.25, 0.3) is 0 Å². The Balaban J connectivity index is 4.97. The lowest BCUT2D eigenvalue weighted by Gasteiger charge is -2.30. The number of halogens is 6. The minimum atomic E-state index is -5.04. The second-order valence-electron chi connectivity index (χ2n) is 7.32. The Labute approximate surface area is 148 Å².